The lowest BCUT2D eigenvalue weighted by Crippen LogP contribution is -2.61. The molecule has 0 radical (unpaired) electrons. The highest BCUT2D eigenvalue weighted by molar-refractivity contribution is 5.97. The first-order valence-corrected chi connectivity index (χ1v) is 11.4. The molecule has 3 atom stereocenters. The Balaban J connectivity index is 1.53. The Morgan fingerprint density at radius 3 is 2.44 bits per heavy atom. The van der Waals surface area contributed by atoms with Crippen LogP contribution in [-0.4, -0.2) is 75.3 Å². The van der Waals surface area contributed by atoms with Crippen LogP contribution >= 0.6 is 0 Å². The van der Waals surface area contributed by atoms with Gasteiger partial charge in [0.2, 0.25) is 5.75 Å². The molecule has 0 saturated carbocycles. The number of ether oxygens (including phenoxy) is 4. The Morgan fingerprint density at radius 1 is 1.09 bits per heavy atom. The van der Waals surface area contributed by atoms with Crippen molar-refractivity contribution in [1.82, 2.24) is 9.96 Å². The molecule has 2 aromatic rings. The summed E-state index contributed by atoms with van der Waals surface area (Å²) in [5.41, 5.74) is 1.98. The molecule has 0 N–H and O–H groups in total. The van der Waals surface area contributed by atoms with Crippen molar-refractivity contribution in [2.24, 2.45) is 0 Å². The van der Waals surface area contributed by atoms with E-state index in [-0.39, 0.29) is 30.9 Å². The first kappa shape index (κ1) is 24.2. The summed E-state index contributed by atoms with van der Waals surface area (Å²) in [6, 6.07) is 13.6. The zero-order valence-corrected chi connectivity index (χ0v) is 20.1. The molecule has 3 unspecified atom stereocenters. The van der Waals surface area contributed by atoms with E-state index >= 15 is 0 Å². The summed E-state index contributed by atoms with van der Waals surface area (Å²) in [7, 11) is 4.70. The van der Waals surface area contributed by atoms with Crippen molar-refractivity contribution in [2.45, 2.75) is 31.7 Å². The maximum Gasteiger partial charge on any atom is 0.203 e. The number of fused-ring (bicyclic) bond motifs is 1. The quantitative estimate of drug-likeness (QED) is 0.520. The van der Waals surface area contributed by atoms with E-state index in [2.05, 4.69) is 17.0 Å². The summed E-state index contributed by atoms with van der Waals surface area (Å²) in [4.78, 5) is 21.1. The van der Waals surface area contributed by atoms with Gasteiger partial charge >= 0.3 is 0 Å². The lowest BCUT2D eigenvalue weighted by molar-refractivity contribution is -0.179. The van der Waals surface area contributed by atoms with Gasteiger partial charge in [-0.2, -0.15) is 5.06 Å². The number of nitrogens with zero attached hydrogens (tertiary/aromatic N) is 2. The number of hydrogen-bond acceptors (Lipinski definition) is 8. The molecule has 182 valence electrons. The number of benzene rings is 2. The largest absolute Gasteiger partial charge is 0.493 e. The number of methoxy groups -OCH3 is 3. The van der Waals surface area contributed by atoms with E-state index in [4.69, 9.17) is 23.8 Å². The van der Waals surface area contributed by atoms with Gasteiger partial charge in [-0.15, -0.1) is 0 Å². The molecular weight excluding hydrogens is 436 g/mol. The van der Waals surface area contributed by atoms with E-state index in [1.54, 1.807) is 33.5 Å². The normalized spacial score (nSPS) is 21.9. The van der Waals surface area contributed by atoms with Crippen LogP contribution in [0.25, 0.3) is 6.08 Å². The molecular formula is C26H32N2O6. The lowest BCUT2D eigenvalue weighted by Gasteiger charge is -2.44. The summed E-state index contributed by atoms with van der Waals surface area (Å²) in [5.74, 6) is 1.61. The van der Waals surface area contributed by atoms with E-state index in [9.17, 15) is 4.79 Å². The van der Waals surface area contributed by atoms with Crippen LogP contribution < -0.4 is 14.2 Å². The van der Waals surface area contributed by atoms with Gasteiger partial charge in [0.25, 0.3) is 0 Å². The third kappa shape index (κ3) is 5.10. The van der Waals surface area contributed by atoms with Crippen molar-refractivity contribution in [3.8, 4) is 17.2 Å². The molecule has 34 heavy (non-hydrogen) atoms. The first-order valence-electron chi connectivity index (χ1n) is 11.4. The second-order valence-electron chi connectivity index (χ2n) is 8.31. The molecule has 0 aliphatic carbocycles. The van der Waals surface area contributed by atoms with Crippen LogP contribution in [0, 0.1) is 0 Å². The third-order valence-corrected chi connectivity index (χ3v) is 6.40. The van der Waals surface area contributed by atoms with Crippen molar-refractivity contribution in [3.05, 3.63) is 59.7 Å². The number of piperazine rings is 1. The van der Waals surface area contributed by atoms with Gasteiger partial charge in [0, 0.05) is 13.1 Å². The molecule has 8 nitrogen and oxygen atoms in total. The summed E-state index contributed by atoms with van der Waals surface area (Å²) < 4.78 is 22.1. The fraction of sp³-hybridized carbons (Fsp3) is 0.423. The Kier molecular flexibility index (Phi) is 7.84. The molecule has 4 rings (SSSR count). The predicted molar refractivity (Wildman–Crippen MR) is 128 cm³/mol. The van der Waals surface area contributed by atoms with Crippen molar-refractivity contribution < 1.29 is 28.6 Å². The maximum absolute atomic E-state index is 13.2. The molecule has 0 amide bonds. The van der Waals surface area contributed by atoms with Crippen molar-refractivity contribution in [3.63, 3.8) is 0 Å². The van der Waals surface area contributed by atoms with Crippen LogP contribution in [0.3, 0.4) is 0 Å². The second-order valence-corrected chi connectivity index (χ2v) is 8.31. The molecule has 8 heteroatoms. The molecule has 2 aromatic carbocycles. The Bertz CT molecular complexity index is 987. The van der Waals surface area contributed by atoms with E-state index in [0.29, 0.717) is 30.3 Å². The molecule has 2 aliphatic heterocycles. The van der Waals surface area contributed by atoms with Crippen LogP contribution in [0.15, 0.2) is 48.5 Å². The minimum Gasteiger partial charge on any atom is -0.493 e. The van der Waals surface area contributed by atoms with Gasteiger partial charge in [0.15, 0.2) is 30.3 Å². The van der Waals surface area contributed by atoms with Crippen molar-refractivity contribution in [2.75, 3.05) is 41.2 Å². The smallest absolute Gasteiger partial charge is 0.203 e. The van der Waals surface area contributed by atoms with E-state index in [0.717, 1.165) is 12.0 Å². The molecule has 0 bridgehead atoms. The average Bonchev–Trinajstić information content (AvgIpc) is 3.36. The van der Waals surface area contributed by atoms with Gasteiger partial charge in [-0.25, -0.2) is 0 Å². The summed E-state index contributed by atoms with van der Waals surface area (Å²) in [6.07, 6.45) is 3.95. The Morgan fingerprint density at radius 2 is 1.79 bits per heavy atom. The lowest BCUT2D eigenvalue weighted by atomic mass is 9.98. The number of carbonyl (C=O) groups excluding carboxylic acids is 1. The highest BCUT2D eigenvalue weighted by Gasteiger charge is 2.43. The molecule has 2 heterocycles. The Labute approximate surface area is 200 Å². The average molecular weight is 469 g/mol. The van der Waals surface area contributed by atoms with Crippen LogP contribution in [0.2, 0.25) is 0 Å². The van der Waals surface area contributed by atoms with Gasteiger partial charge in [-0.1, -0.05) is 36.4 Å². The maximum atomic E-state index is 13.2. The molecule has 2 aliphatic rings. The zero-order chi connectivity index (χ0) is 24.1. The standard InChI is InChI=1S/C26H32N2O6/c1-18(22(29)11-10-20-15-23(30-2)25(32-4)24(16-20)31-3)27-12-13-28-26(33-17-34-28)21(27)14-19-8-6-5-7-9-19/h5-11,15-16,18,21,26H,12-14,17H2,1-4H3. The second kappa shape index (κ2) is 11.0. The van der Waals surface area contributed by atoms with Crippen LogP contribution in [0.5, 0.6) is 17.2 Å². The predicted octanol–water partition coefficient (Wildman–Crippen LogP) is 3.16. The minimum absolute atomic E-state index is 0.00725. The number of rotatable bonds is 9. The van der Waals surface area contributed by atoms with E-state index < -0.39 is 0 Å². The highest BCUT2D eigenvalue weighted by Crippen LogP contribution is 2.38. The molecule has 0 spiro atoms. The SMILES string of the molecule is COc1cc(C=CC(=O)C(C)N2CCN3OCOC3C2Cc2ccccc2)cc(OC)c1OC. The van der Waals surface area contributed by atoms with Crippen LogP contribution in [0.1, 0.15) is 18.1 Å². The summed E-state index contributed by atoms with van der Waals surface area (Å²) in [6.45, 7) is 3.59. The topological polar surface area (TPSA) is 69.7 Å². The minimum atomic E-state index is -0.321. The molecule has 0 aromatic heterocycles. The highest BCUT2D eigenvalue weighted by atomic mass is 16.8. The van der Waals surface area contributed by atoms with E-state index in [1.165, 1.54) is 5.56 Å². The van der Waals surface area contributed by atoms with Gasteiger partial charge in [-0.3, -0.25) is 14.5 Å². The summed E-state index contributed by atoms with van der Waals surface area (Å²) >= 11 is 0. The monoisotopic (exact) mass is 468 g/mol. The zero-order valence-electron chi connectivity index (χ0n) is 20.1. The number of carbonyl (C=O) groups is 1. The molecule has 2 fully saturated rings. The number of hydroxylamine groups is 2. The van der Waals surface area contributed by atoms with Crippen molar-refractivity contribution >= 4 is 11.9 Å². The van der Waals surface area contributed by atoms with Crippen LogP contribution in [-0.2, 0) is 20.8 Å². The Hall–Kier alpha value is -2.91. The fourth-order valence-corrected chi connectivity index (χ4v) is 4.60. The van der Waals surface area contributed by atoms with Crippen LogP contribution in [0.4, 0.5) is 0 Å². The van der Waals surface area contributed by atoms with Gasteiger partial charge in [-0.05, 0) is 42.7 Å². The van der Waals surface area contributed by atoms with Gasteiger partial charge in [0.05, 0.1) is 33.4 Å². The van der Waals surface area contributed by atoms with E-state index in [1.807, 2.05) is 42.3 Å². The fourth-order valence-electron chi connectivity index (χ4n) is 4.60. The number of ketones is 1. The molecule has 2 saturated heterocycles. The van der Waals surface area contributed by atoms with Gasteiger partial charge < -0.3 is 18.9 Å². The summed E-state index contributed by atoms with van der Waals surface area (Å²) in [5, 5.41) is 1.90. The third-order valence-electron chi connectivity index (χ3n) is 6.40. The van der Waals surface area contributed by atoms with Gasteiger partial charge in [0.1, 0.15) is 0 Å². The first-order chi connectivity index (χ1) is 16.5. The number of hydrogen-bond donors (Lipinski definition) is 0. The van der Waals surface area contributed by atoms with Crippen molar-refractivity contribution in [1.29, 1.82) is 0 Å².